The lowest BCUT2D eigenvalue weighted by Gasteiger charge is -2.09. The number of benzene rings is 3. The minimum absolute atomic E-state index is 0.175. The van der Waals surface area contributed by atoms with Gasteiger partial charge in [0, 0.05) is 6.42 Å². The summed E-state index contributed by atoms with van der Waals surface area (Å²) in [6.07, 6.45) is 0.424. The van der Waals surface area contributed by atoms with Crippen LogP contribution < -0.4 is 0 Å². The molecule has 0 unspecified atom stereocenters. The van der Waals surface area contributed by atoms with Gasteiger partial charge in [-0.15, -0.1) is 0 Å². The van der Waals surface area contributed by atoms with Gasteiger partial charge in [-0.1, -0.05) is 36.4 Å². The van der Waals surface area contributed by atoms with Crippen LogP contribution in [0.4, 0.5) is 4.39 Å². The van der Waals surface area contributed by atoms with Crippen molar-refractivity contribution >= 4 is 0 Å². The first-order valence-corrected chi connectivity index (χ1v) is 6.98. The fraction of sp³-hybridized carbons (Fsp3) is 0.0526. The van der Waals surface area contributed by atoms with Crippen molar-refractivity contribution in [3.05, 3.63) is 83.7 Å². The summed E-state index contributed by atoms with van der Waals surface area (Å²) in [5.41, 5.74) is 3.22. The highest BCUT2D eigenvalue weighted by Gasteiger charge is 2.08. The molecule has 0 aliphatic carbocycles. The second-order valence-electron chi connectivity index (χ2n) is 5.16. The number of phenolic OH excluding ortho intramolecular Hbond substituents is 2. The highest BCUT2D eigenvalue weighted by molar-refractivity contribution is 5.66. The van der Waals surface area contributed by atoms with Crippen LogP contribution in [0.3, 0.4) is 0 Å². The van der Waals surface area contributed by atoms with Crippen LogP contribution in [-0.4, -0.2) is 10.2 Å². The van der Waals surface area contributed by atoms with Crippen molar-refractivity contribution in [2.45, 2.75) is 6.42 Å². The molecule has 2 nitrogen and oxygen atoms in total. The second kappa shape index (κ2) is 5.90. The van der Waals surface area contributed by atoms with E-state index in [9.17, 15) is 14.6 Å². The summed E-state index contributed by atoms with van der Waals surface area (Å²) in [5.74, 6) is 0.0974. The van der Waals surface area contributed by atoms with Crippen molar-refractivity contribution in [3.8, 4) is 22.6 Å². The number of halogens is 1. The number of hydrogen-bond acceptors (Lipinski definition) is 2. The number of para-hydroxylation sites is 1. The second-order valence-corrected chi connectivity index (χ2v) is 5.16. The Morgan fingerprint density at radius 2 is 1.32 bits per heavy atom. The van der Waals surface area contributed by atoms with Gasteiger partial charge in [0.05, 0.1) is 0 Å². The van der Waals surface area contributed by atoms with E-state index in [2.05, 4.69) is 0 Å². The molecule has 0 aliphatic rings. The molecule has 0 saturated heterocycles. The van der Waals surface area contributed by atoms with Gasteiger partial charge in [-0.25, -0.2) is 4.39 Å². The van der Waals surface area contributed by atoms with E-state index in [-0.39, 0.29) is 17.3 Å². The molecule has 0 aromatic heterocycles. The van der Waals surface area contributed by atoms with Gasteiger partial charge in [0.2, 0.25) is 0 Å². The molecule has 0 heterocycles. The zero-order chi connectivity index (χ0) is 15.5. The summed E-state index contributed by atoms with van der Waals surface area (Å²) >= 11 is 0. The van der Waals surface area contributed by atoms with Gasteiger partial charge in [0.15, 0.2) is 0 Å². The maximum Gasteiger partial charge on any atom is 0.123 e. The Kier molecular flexibility index (Phi) is 3.79. The van der Waals surface area contributed by atoms with Crippen LogP contribution in [0.5, 0.6) is 11.5 Å². The number of rotatable bonds is 3. The lowest BCUT2D eigenvalue weighted by Crippen LogP contribution is -1.91. The van der Waals surface area contributed by atoms with E-state index in [0.29, 0.717) is 12.0 Å². The maximum absolute atomic E-state index is 13.0. The molecular weight excluding hydrogens is 279 g/mol. The molecule has 0 spiro atoms. The standard InChI is InChI=1S/C19H15FO2/c20-17-8-5-13(6-9-17)14-7-10-19(22)16(11-14)12-15-3-1-2-4-18(15)21/h1-11,21-22H,12H2. The first-order chi connectivity index (χ1) is 10.6. The lowest BCUT2D eigenvalue weighted by atomic mass is 9.98. The van der Waals surface area contributed by atoms with Gasteiger partial charge >= 0.3 is 0 Å². The highest BCUT2D eigenvalue weighted by Crippen LogP contribution is 2.29. The van der Waals surface area contributed by atoms with Crippen LogP contribution in [0.1, 0.15) is 11.1 Å². The fourth-order valence-corrected chi connectivity index (χ4v) is 2.41. The Bertz CT molecular complexity index is 795. The smallest absolute Gasteiger partial charge is 0.123 e. The first-order valence-electron chi connectivity index (χ1n) is 6.98. The quantitative estimate of drug-likeness (QED) is 0.747. The third-order valence-corrected chi connectivity index (χ3v) is 3.63. The Labute approximate surface area is 128 Å². The molecule has 3 heteroatoms. The number of phenols is 2. The number of hydrogen-bond donors (Lipinski definition) is 2. The van der Waals surface area contributed by atoms with Crippen molar-refractivity contribution < 1.29 is 14.6 Å². The molecule has 0 radical (unpaired) electrons. The maximum atomic E-state index is 13.0. The Hall–Kier alpha value is -2.81. The summed E-state index contributed by atoms with van der Waals surface area (Å²) in [7, 11) is 0. The minimum Gasteiger partial charge on any atom is -0.508 e. The van der Waals surface area contributed by atoms with Gasteiger partial charge in [-0.2, -0.15) is 0 Å². The average Bonchev–Trinajstić information content (AvgIpc) is 2.52. The van der Waals surface area contributed by atoms with Crippen LogP contribution in [0.15, 0.2) is 66.7 Å². The molecular formula is C19H15FO2. The minimum atomic E-state index is -0.281. The van der Waals surface area contributed by atoms with Crippen molar-refractivity contribution in [3.63, 3.8) is 0 Å². The van der Waals surface area contributed by atoms with E-state index in [1.807, 2.05) is 18.2 Å². The molecule has 3 aromatic rings. The van der Waals surface area contributed by atoms with Crippen LogP contribution >= 0.6 is 0 Å². The summed E-state index contributed by atoms with van der Waals surface area (Å²) in [5, 5.41) is 19.9. The third kappa shape index (κ3) is 2.93. The molecule has 0 atom stereocenters. The highest BCUT2D eigenvalue weighted by atomic mass is 19.1. The molecule has 0 fully saturated rings. The zero-order valence-corrected chi connectivity index (χ0v) is 11.8. The van der Waals surface area contributed by atoms with Crippen LogP contribution in [0.2, 0.25) is 0 Å². The van der Waals surface area contributed by atoms with Gasteiger partial charge in [-0.05, 0) is 52.6 Å². The van der Waals surface area contributed by atoms with E-state index in [1.165, 1.54) is 12.1 Å². The SMILES string of the molecule is Oc1ccccc1Cc1cc(-c2ccc(F)cc2)ccc1O. The molecule has 0 aliphatic heterocycles. The predicted molar refractivity (Wildman–Crippen MR) is 84.4 cm³/mol. The Balaban J connectivity index is 1.97. The van der Waals surface area contributed by atoms with E-state index < -0.39 is 0 Å². The van der Waals surface area contributed by atoms with E-state index >= 15 is 0 Å². The number of aromatic hydroxyl groups is 2. The zero-order valence-electron chi connectivity index (χ0n) is 11.8. The summed E-state index contributed by atoms with van der Waals surface area (Å²) < 4.78 is 13.0. The van der Waals surface area contributed by atoms with Crippen LogP contribution in [-0.2, 0) is 6.42 Å². The molecule has 0 bridgehead atoms. The molecule has 22 heavy (non-hydrogen) atoms. The summed E-state index contributed by atoms with van der Waals surface area (Å²) in [6, 6.07) is 18.5. The monoisotopic (exact) mass is 294 g/mol. The van der Waals surface area contributed by atoms with Crippen molar-refractivity contribution in [2.24, 2.45) is 0 Å². The normalized spacial score (nSPS) is 10.6. The molecule has 3 rings (SSSR count). The van der Waals surface area contributed by atoms with E-state index in [0.717, 1.165) is 16.7 Å². The van der Waals surface area contributed by atoms with Crippen molar-refractivity contribution in [1.29, 1.82) is 0 Å². The summed E-state index contributed by atoms with van der Waals surface area (Å²) in [4.78, 5) is 0. The molecule has 0 amide bonds. The van der Waals surface area contributed by atoms with Crippen LogP contribution in [0, 0.1) is 5.82 Å². The Morgan fingerprint density at radius 1 is 0.682 bits per heavy atom. The third-order valence-electron chi connectivity index (χ3n) is 3.63. The predicted octanol–water partition coefficient (Wildman–Crippen LogP) is 4.49. The van der Waals surface area contributed by atoms with Crippen LogP contribution in [0.25, 0.3) is 11.1 Å². The molecule has 2 N–H and O–H groups in total. The largest absolute Gasteiger partial charge is 0.508 e. The van der Waals surface area contributed by atoms with Gasteiger partial charge < -0.3 is 10.2 Å². The average molecular weight is 294 g/mol. The van der Waals surface area contributed by atoms with Gasteiger partial charge in [0.25, 0.3) is 0 Å². The Morgan fingerprint density at radius 3 is 2.05 bits per heavy atom. The van der Waals surface area contributed by atoms with E-state index in [4.69, 9.17) is 0 Å². The van der Waals surface area contributed by atoms with Crippen molar-refractivity contribution in [2.75, 3.05) is 0 Å². The topological polar surface area (TPSA) is 40.5 Å². The van der Waals surface area contributed by atoms with Gasteiger partial charge in [0.1, 0.15) is 17.3 Å². The van der Waals surface area contributed by atoms with Crippen molar-refractivity contribution in [1.82, 2.24) is 0 Å². The summed E-state index contributed by atoms with van der Waals surface area (Å²) in [6.45, 7) is 0. The van der Waals surface area contributed by atoms with E-state index in [1.54, 1.807) is 36.4 Å². The molecule has 0 saturated carbocycles. The molecule has 110 valence electrons. The van der Waals surface area contributed by atoms with Gasteiger partial charge in [-0.3, -0.25) is 0 Å². The lowest BCUT2D eigenvalue weighted by molar-refractivity contribution is 0.463. The fourth-order valence-electron chi connectivity index (χ4n) is 2.41. The first kappa shape index (κ1) is 14.1. The molecule has 3 aromatic carbocycles.